The van der Waals surface area contributed by atoms with E-state index in [2.05, 4.69) is 23.9 Å². The smallest absolute Gasteiger partial charge is 0.338 e. The van der Waals surface area contributed by atoms with Gasteiger partial charge >= 0.3 is 6.18 Å². The molecular formula is C29H38F3N3O5S3. The van der Waals surface area contributed by atoms with E-state index < -0.39 is 60.4 Å². The minimum Gasteiger partial charge on any atom is -0.338 e. The van der Waals surface area contributed by atoms with Crippen molar-refractivity contribution in [2.75, 3.05) is 25.1 Å². The van der Waals surface area contributed by atoms with Gasteiger partial charge in [0.25, 0.3) is 0 Å². The number of rotatable bonds is 11. The van der Waals surface area contributed by atoms with Gasteiger partial charge in [-0.3, -0.25) is 4.79 Å². The van der Waals surface area contributed by atoms with E-state index in [9.17, 15) is 34.8 Å². The van der Waals surface area contributed by atoms with Crippen LogP contribution in [-0.2, 0) is 30.8 Å². The van der Waals surface area contributed by atoms with Gasteiger partial charge in [-0.2, -0.15) is 17.9 Å². The average molecular weight is 662 g/mol. The van der Waals surface area contributed by atoms with Gasteiger partial charge in [-0.25, -0.2) is 16.8 Å². The molecule has 1 aliphatic heterocycles. The largest absolute Gasteiger partial charge is 0.416 e. The highest BCUT2D eigenvalue weighted by molar-refractivity contribution is 7.98. The maximum Gasteiger partial charge on any atom is 0.416 e. The molecule has 2 aromatic rings. The van der Waals surface area contributed by atoms with E-state index in [1.165, 1.54) is 11.8 Å². The number of sulfonamides is 1. The summed E-state index contributed by atoms with van der Waals surface area (Å²) in [6.45, 7) is 5.15. The topological polar surface area (TPSA) is 113 Å². The van der Waals surface area contributed by atoms with Crippen LogP contribution < -0.4 is 10.0 Å². The SMILES string of the molecule is CSc1ccc(S(=O)(=O)C[C@@H]2C[C@H](NCC(C)C)CC[C@@H]2N2CC[C@H](NS(=O)(=O)c3cccc(C(F)(F)F)c3)C2=O)cc1. The molecule has 8 nitrogen and oxygen atoms in total. The molecule has 0 bridgehead atoms. The molecule has 238 valence electrons. The van der Waals surface area contributed by atoms with Gasteiger partial charge in [-0.05, 0) is 92.8 Å². The standard InChI is InChI=1S/C29H38F3N3O5S3/c1-19(2)17-33-22-7-12-27(20(15-22)18-42(37,38)24-10-8-23(41-3)9-11-24)35-14-13-26(28(35)36)34-43(39,40)25-6-4-5-21(16-25)29(30,31)32/h4-6,8-11,16,19-20,22,26-27,33-34H,7,12-15,17-18H2,1-3H3/t20-,22+,26-,27-/m0/s1. The Morgan fingerprint density at radius 3 is 2.33 bits per heavy atom. The van der Waals surface area contributed by atoms with Crippen LogP contribution in [-0.4, -0.2) is 70.9 Å². The summed E-state index contributed by atoms with van der Waals surface area (Å²) >= 11 is 1.51. The lowest BCUT2D eigenvalue weighted by Gasteiger charge is -2.41. The maximum absolute atomic E-state index is 13.5. The molecule has 2 aromatic carbocycles. The Kier molecular flexibility index (Phi) is 10.6. The van der Waals surface area contributed by atoms with Crippen LogP contribution in [0.2, 0.25) is 0 Å². The van der Waals surface area contributed by atoms with E-state index in [-0.39, 0.29) is 29.7 Å². The minimum absolute atomic E-state index is 0.0747. The molecule has 0 aromatic heterocycles. The quantitative estimate of drug-likeness (QED) is 0.340. The number of hydrogen-bond donors (Lipinski definition) is 2. The van der Waals surface area contributed by atoms with Crippen molar-refractivity contribution in [2.24, 2.45) is 11.8 Å². The Morgan fingerprint density at radius 1 is 1.00 bits per heavy atom. The van der Waals surface area contributed by atoms with Gasteiger partial charge in [-0.1, -0.05) is 19.9 Å². The number of carbonyl (C=O) groups is 1. The predicted molar refractivity (Wildman–Crippen MR) is 160 cm³/mol. The molecule has 1 saturated carbocycles. The second-order valence-electron chi connectivity index (χ2n) is 11.6. The molecule has 1 heterocycles. The van der Waals surface area contributed by atoms with Gasteiger partial charge in [0, 0.05) is 23.5 Å². The second-order valence-corrected chi connectivity index (χ2v) is 16.2. The van der Waals surface area contributed by atoms with Crippen LogP contribution in [0.3, 0.4) is 0 Å². The molecule has 0 spiro atoms. The van der Waals surface area contributed by atoms with Crippen molar-refractivity contribution in [3.63, 3.8) is 0 Å². The first-order chi connectivity index (χ1) is 20.1. The molecule has 2 fully saturated rings. The Hall–Kier alpha value is -2.13. The molecular weight excluding hydrogens is 624 g/mol. The molecule has 4 atom stereocenters. The van der Waals surface area contributed by atoms with Gasteiger partial charge in [-0.15, -0.1) is 11.8 Å². The number of likely N-dealkylation sites (tertiary alicyclic amines) is 1. The molecule has 0 radical (unpaired) electrons. The Labute approximate surface area is 256 Å². The number of benzene rings is 2. The van der Waals surface area contributed by atoms with Gasteiger partial charge in [0.05, 0.1) is 21.1 Å². The van der Waals surface area contributed by atoms with Crippen LogP contribution >= 0.6 is 11.8 Å². The number of amides is 1. The van der Waals surface area contributed by atoms with Crippen molar-refractivity contribution in [3.8, 4) is 0 Å². The van der Waals surface area contributed by atoms with Crippen LogP contribution in [0.15, 0.2) is 63.2 Å². The predicted octanol–water partition coefficient (Wildman–Crippen LogP) is 4.56. The van der Waals surface area contributed by atoms with Crippen molar-refractivity contribution < 1.29 is 34.8 Å². The Morgan fingerprint density at radius 2 is 1.70 bits per heavy atom. The Bertz CT molecular complexity index is 1500. The van der Waals surface area contributed by atoms with Gasteiger partial charge in [0.2, 0.25) is 15.9 Å². The number of sulfone groups is 1. The number of nitrogens with zero attached hydrogens (tertiary/aromatic N) is 1. The molecule has 1 aliphatic carbocycles. The fraction of sp³-hybridized carbons (Fsp3) is 0.552. The summed E-state index contributed by atoms with van der Waals surface area (Å²) in [7, 11) is -8.12. The molecule has 2 aliphatic rings. The van der Waals surface area contributed by atoms with E-state index in [0.29, 0.717) is 24.8 Å². The zero-order valence-corrected chi connectivity index (χ0v) is 26.8. The van der Waals surface area contributed by atoms with Crippen LogP contribution in [0.1, 0.15) is 45.1 Å². The summed E-state index contributed by atoms with van der Waals surface area (Å²) in [6, 6.07) is 8.56. The van der Waals surface area contributed by atoms with Crippen molar-refractivity contribution in [3.05, 3.63) is 54.1 Å². The fourth-order valence-electron chi connectivity index (χ4n) is 5.82. The van der Waals surface area contributed by atoms with Crippen molar-refractivity contribution in [1.82, 2.24) is 14.9 Å². The monoisotopic (exact) mass is 661 g/mol. The lowest BCUT2D eigenvalue weighted by Crippen LogP contribution is -2.52. The second kappa shape index (κ2) is 13.5. The normalized spacial score (nSPS) is 23.7. The summed E-state index contributed by atoms with van der Waals surface area (Å²) in [6.07, 6.45) is -0.899. The highest BCUT2D eigenvalue weighted by Gasteiger charge is 2.44. The van der Waals surface area contributed by atoms with Gasteiger partial charge < -0.3 is 10.2 Å². The highest BCUT2D eigenvalue weighted by Crippen LogP contribution is 2.35. The minimum atomic E-state index is -4.72. The number of halogens is 3. The molecule has 2 N–H and O–H groups in total. The van der Waals surface area contributed by atoms with Gasteiger partial charge in [0.1, 0.15) is 6.04 Å². The highest BCUT2D eigenvalue weighted by atomic mass is 32.2. The van der Waals surface area contributed by atoms with E-state index in [4.69, 9.17) is 0 Å². The summed E-state index contributed by atoms with van der Waals surface area (Å²) in [5.41, 5.74) is -1.11. The van der Waals surface area contributed by atoms with E-state index >= 15 is 0 Å². The summed E-state index contributed by atoms with van der Waals surface area (Å²) < 4.78 is 94.8. The Balaban J connectivity index is 1.53. The molecule has 1 amide bonds. The number of alkyl halides is 3. The molecule has 4 rings (SSSR count). The number of thioether (sulfide) groups is 1. The van der Waals surface area contributed by atoms with Crippen LogP contribution in [0.4, 0.5) is 13.2 Å². The summed E-state index contributed by atoms with van der Waals surface area (Å²) in [5.74, 6) is -0.659. The number of hydrogen-bond acceptors (Lipinski definition) is 7. The fourth-order valence-corrected chi connectivity index (χ4v) is 9.16. The zero-order valence-electron chi connectivity index (χ0n) is 24.3. The first kappa shape index (κ1) is 33.8. The van der Waals surface area contributed by atoms with E-state index in [0.717, 1.165) is 36.1 Å². The third-order valence-corrected chi connectivity index (χ3v) is 12.1. The summed E-state index contributed by atoms with van der Waals surface area (Å²) in [4.78, 5) is 15.7. The van der Waals surface area contributed by atoms with Crippen molar-refractivity contribution >= 4 is 37.5 Å². The van der Waals surface area contributed by atoms with E-state index in [1.807, 2.05) is 6.26 Å². The number of carbonyl (C=O) groups excluding carboxylic acids is 1. The van der Waals surface area contributed by atoms with Crippen molar-refractivity contribution in [1.29, 1.82) is 0 Å². The van der Waals surface area contributed by atoms with Crippen molar-refractivity contribution in [2.45, 2.75) is 78.5 Å². The van der Waals surface area contributed by atoms with Gasteiger partial charge in [0.15, 0.2) is 9.84 Å². The molecule has 43 heavy (non-hydrogen) atoms. The first-order valence-corrected chi connectivity index (χ1v) is 18.6. The summed E-state index contributed by atoms with van der Waals surface area (Å²) in [5, 5.41) is 3.51. The maximum atomic E-state index is 13.5. The molecule has 1 saturated heterocycles. The molecule has 0 unspecified atom stereocenters. The average Bonchev–Trinajstić information content (AvgIpc) is 3.30. The lowest BCUT2D eigenvalue weighted by atomic mass is 9.81. The van der Waals surface area contributed by atoms with Crippen LogP contribution in [0.5, 0.6) is 0 Å². The third-order valence-electron chi connectivity index (χ3n) is 8.02. The third kappa shape index (κ3) is 8.33. The first-order valence-electron chi connectivity index (χ1n) is 14.2. The number of nitrogens with one attached hydrogen (secondary N) is 2. The molecule has 14 heteroatoms. The van der Waals surface area contributed by atoms with E-state index in [1.54, 1.807) is 29.2 Å². The van der Waals surface area contributed by atoms with Crippen LogP contribution in [0.25, 0.3) is 0 Å². The van der Waals surface area contributed by atoms with Crippen LogP contribution in [0, 0.1) is 11.8 Å². The lowest BCUT2D eigenvalue weighted by molar-refractivity contribution is -0.137. The zero-order chi connectivity index (χ0) is 31.6.